The summed E-state index contributed by atoms with van der Waals surface area (Å²) in [4.78, 5) is -0.686. The Kier molecular flexibility index (Phi) is 3.29. The zero-order chi connectivity index (χ0) is 13.5. The molecule has 1 aromatic carbocycles. The van der Waals surface area contributed by atoms with E-state index in [1.807, 2.05) is 0 Å². The van der Waals surface area contributed by atoms with Crippen molar-refractivity contribution >= 4 is 15.7 Å². The number of hydrogen-bond donors (Lipinski definition) is 1. The van der Waals surface area contributed by atoms with Gasteiger partial charge in [-0.3, -0.25) is 0 Å². The summed E-state index contributed by atoms with van der Waals surface area (Å²) in [5.41, 5.74) is 5.26. The predicted molar refractivity (Wildman–Crippen MR) is 63.4 cm³/mol. The molecule has 0 saturated carbocycles. The maximum absolute atomic E-state index is 13.6. The second-order valence-corrected chi connectivity index (χ2v) is 6.28. The topological polar surface area (TPSA) is 63.4 Å². The van der Waals surface area contributed by atoms with Crippen molar-refractivity contribution in [3.8, 4) is 0 Å². The molecule has 1 aromatic rings. The third-order valence-corrected chi connectivity index (χ3v) is 5.11. The van der Waals surface area contributed by atoms with Gasteiger partial charge in [0.15, 0.2) is 11.6 Å². The number of nitrogens with two attached hydrogens (primary N) is 1. The van der Waals surface area contributed by atoms with E-state index in [2.05, 4.69) is 0 Å². The summed E-state index contributed by atoms with van der Waals surface area (Å²) < 4.78 is 52.5. The van der Waals surface area contributed by atoms with Crippen LogP contribution in [0.5, 0.6) is 0 Å². The lowest BCUT2D eigenvalue weighted by atomic mass is 10.3. The van der Waals surface area contributed by atoms with E-state index in [-0.39, 0.29) is 11.7 Å². The summed E-state index contributed by atoms with van der Waals surface area (Å²) in [6.07, 6.45) is 1.43. The number of sulfonamides is 1. The number of nitrogen functional groups attached to an aromatic ring is 1. The summed E-state index contributed by atoms with van der Waals surface area (Å²) in [5.74, 6) is -2.62. The van der Waals surface area contributed by atoms with Gasteiger partial charge >= 0.3 is 0 Å². The maximum Gasteiger partial charge on any atom is 0.246 e. The van der Waals surface area contributed by atoms with Gasteiger partial charge in [-0.05, 0) is 31.9 Å². The van der Waals surface area contributed by atoms with Crippen molar-refractivity contribution < 1.29 is 17.2 Å². The summed E-state index contributed by atoms with van der Waals surface area (Å²) in [6.45, 7) is 2.06. The fraction of sp³-hybridized carbons (Fsp3) is 0.455. The highest BCUT2D eigenvalue weighted by atomic mass is 32.2. The normalized spacial score (nSPS) is 21.4. The molecule has 1 unspecified atom stereocenters. The quantitative estimate of drug-likeness (QED) is 0.837. The van der Waals surface area contributed by atoms with Gasteiger partial charge in [0.25, 0.3) is 0 Å². The second kappa shape index (κ2) is 4.47. The Morgan fingerprint density at radius 3 is 2.61 bits per heavy atom. The Bertz CT molecular complexity index is 575. The zero-order valence-electron chi connectivity index (χ0n) is 9.86. The van der Waals surface area contributed by atoms with Crippen LogP contribution in [0.2, 0.25) is 0 Å². The van der Waals surface area contributed by atoms with Gasteiger partial charge in [-0.1, -0.05) is 0 Å². The number of anilines is 1. The van der Waals surface area contributed by atoms with Gasteiger partial charge in [0.2, 0.25) is 10.0 Å². The Morgan fingerprint density at radius 2 is 2.06 bits per heavy atom. The first kappa shape index (κ1) is 13.2. The fourth-order valence-corrected chi connectivity index (χ4v) is 3.97. The second-order valence-electron chi connectivity index (χ2n) is 4.42. The van der Waals surface area contributed by atoms with Crippen LogP contribution in [0.15, 0.2) is 17.0 Å². The van der Waals surface area contributed by atoms with E-state index in [4.69, 9.17) is 5.73 Å². The molecule has 0 bridgehead atoms. The highest BCUT2D eigenvalue weighted by molar-refractivity contribution is 7.89. The monoisotopic (exact) mass is 276 g/mol. The van der Waals surface area contributed by atoms with Crippen LogP contribution in [0.1, 0.15) is 19.8 Å². The standard InChI is InChI=1S/C11H14F2N2O2S/c1-7-3-2-4-15(7)18(16,17)10-6-8(14)5-9(12)11(10)13/h5-7H,2-4,14H2,1H3. The van der Waals surface area contributed by atoms with Crippen molar-refractivity contribution in [2.75, 3.05) is 12.3 Å². The smallest absolute Gasteiger partial charge is 0.246 e. The van der Waals surface area contributed by atoms with Gasteiger partial charge in [-0.2, -0.15) is 4.31 Å². The van der Waals surface area contributed by atoms with Crippen molar-refractivity contribution in [1.82, 2.24) is 4.31 Å². The minimum absolute atomic E-state index is 0.112. The molecule has 1 aliphatic heterocycles. The summed E-state index contributed by atoms with van der Waals surface area (Å²) in [6, 6.07) is 1.51. The fourth-order valence-electron chi connectivity index (χ4n) is 2.16. The third kappa shape index (κ3) is 2.08. The average Bonchev–Trinajstić information content (AvgIpc) is 2.70. The van der Waals surface area contributed by atoms with Gasteiger partial charge in [-0.15, -0.1) is 0 Å². The minimum Gasteiger partial charge on any atom is -0.399 e. The number of hydrogen-bond acceptors (Lipinski definition) is 3. The molecule has 1 saturated heterocycles. The largest absolute Gasteiger partial charge is 0.399 e. The molecular weight excluding hydrogens is 262 g/mol. The molecule has 0 spiro atoms. The average molecular weight is 276 g/mol. The molecule has 1 fully saturated rings. The SMILES string of the molecule is CC1CCCN1S(=O)(=O)c1cc(N)cc(F)c1F. The molecule has 2 N–H and O–H groups in total. The van der Waals surface area contributed by atoms with E-state index >= 15 is 0 Å². The lowest BCUT2D eigenvalue weighted by molar-refractivity contribution is 0.401. The van der Waals surface area contributed by atoms with E-state index in [0.717, 1.165) is 12.1 Å². The Hall–Kier alpha value is -1.21. The molecular formula is C11H14F2N2O2S. The van der Waals surface area contributed by atoms with Crippen LogP contribution in [0.25, 0.3) is 0 Å². The van der Waals surface area contributed by atoms with Crippen molar-refractivity contribution in [2.45, 2.75) is 30.7 Å². The summed E-state index contributed by atoms with van der Waals surface area (Å²) in [7, 11) is -4.03. The van der Waals surface area contributed by atoms with Crippen LogP contribution in [0.4, 0.5) is 14.5 Å². The molecule has 2 rings (SSSR count). The highest BCUT2D eigenvalue weighted by Gasteiger charge is 2.35. The van der Waals surface area contributed by atoms with E-state index in [1.165, 1.54) is 4.31 Å². The molecule has 1 heterocycles. The van der Waals surface area contributed by atoms with Crippen LogP contribution < -0.4 is 5.73 Å². The molecule has 0 amide bonds. The number of rotatable bonds is 2. The molecule has 18 heavy (non-hydrogen) atoms. The highest BCUT2D eigenvalue weighted by Crippen LogP contribution is 2.29. The Morgan fingerprint density at radius 1 is 1.39 bits per heavy atom. The lowest BCUT2D eigenvalue weighted by Crippen LogP contribution is -2.34. The molecule has 0 aromatic heterocycles. The van der Waals surface area contributed by atoms with Crippen molar-refractivity contribution in [2.24, 2.45) is 0 Å². The number of nitrogens with zero attached hydrogens (tertiary/aromatic N) is 1. The van der Waals surface area contributed by atoms with Gasteiger partial charge in [0.05, 0.1) is 0 Å². The molecule has 100 valence electrons. The molecule has 1 aliphatic rings. The van der Waals surface area contributed by atoms with Crippen molar-refractivity contribution in [3.05, 3.63) is 23.8 Å². The summed E-state index contributed by atoms with van der Waals surface area (Å²) in [5, 5.41) is 0. The van der Waals surface area contributed by atoms with Crippen molar-refractivity contribution in [3.63, 3.8) is 0 Å². The zero-order valence-corrected chi connectivity index (χ0v) is 10.7. The first-order chi connectivity index (χ1) is 8.34. The van der Waals surface area contributed by atoms with Crippen LogP contribution >= 0.6 is 0 Å². The van der Waals surface area contributed by atoms with Crippen molar-refractivity contribution in [1.29, 1.82) is 0 Å². The van der Waals surface area contributed by atoms with Crippen LogP contribution in [0.3, 0.4) is 0 Å². The molecule has 4 nitrogen and oxygen atoms in total. The van der Waals surface area contributed by atoms with E-state index in [1.54, 1.807) is 6.92 Å². The molecule has 7 heteroatoms. The number of benzene rings is 1. The molecule has 1 atom stereocenters. The third-order valence-electron chi connectivity index (χ3n) is 3.10. The Balaban J connectivity index is 2.54. The van der Waals surface area contributed by atoms with Gasteiger partial charge in [-0.25, -0.2) is 17.2 Å². The van der Waals surface area contributed by atoms with Crippen LogP contribution in [-0.2, 0) is 10.0 Å². The van der Waals surface area contributed by atoms with E-state index in [0.29, 0.717) is 19.4 Å². The number of halogens is 2. The minimum atomic E-state index is -4.03. The Labute approximate surface area is 104 Å². The van der Waals surface area contributed by atoms with Gasteiger partial charge in [0.1, 0.15) is 4.90 Å². The van der Waals surface area contributed by atoms with Gasteiger partial charge < -0.3 is 5.73 Å². The molecule has 0 aliphatic carbocycles. The van der Waals surface area contributed by atoms with Gasteiger partial charge in [0, 0.05) is 18.3 Å². The van der Waals surface area contributed by atoms with Crippen LogP contribution in [0, 0.1) is 11.6 Å². The lowest BCUT2D eigenvalue weighted by Gasteiger charge is -2.21. The predicted octanol–water partition coefficient (Wildman–Crippen LogP) is 1.72. The first-order valence-electron chi connectivity index (χ1n) is 5.60. The molecule has 0 radical (unpaired) electrons. The maximum atomic E-state index is 13.6. The van der Waals surface area contributed by atoms with E-state index in [9.17, 15) is 17.2 Å². The summed E-state index contributed by atoms with van der Waals surface area (Å²) >= 11 is 0. The van der Waals surface area contributed by atoms with Crippen LogP contribution in [-0.4, -0.2) is 25.3 Å². The first-order valence-corrected chi connectivity index (χ1v) is 7.04. The van der Waals surface area contributed by atoms with E-state index < -0.39 is 26.6 Å².